The third-order valence-corrected chi connectivity index (χ3v) is 6.55. The van der Waals surface area contributed by atoms with E-state index in [-0.39, 0.29) is 20.4 Å². The number of benzene rings is 4. The normalized spacial score (nSPS) is 9.37. The number of nitrogen functional groups attached to an aromatic ring is 12. The molecular formula is C24H32N12ReS4. The summed E-state index contributed by atoms with van der Waals surface area (Å²) in [6.45, 7) is 0. The molecule has 0 aliphatic rings. The van der Waals surface area contributed by atoms with Crippen LogP contribution in [0.1, 0.15) is 0 Å². The van der Waals surface area contributed by atoms with E-state index in [1.54, 1.807) is 48.5 Å². The van der Waals surface area contributed by atoms with Gasteiger partial charge in [-0.05, 0) is 24.3 Å². The first-order chi connectivity index (χ1) is 18.5. The second-order valence-corrected chi connectivity index (χ2v) is 9.68. The first-order valence-electron chi connectivity index (χ1n) is 10.9. The first kappa shape index (κ1) is 37.0. The molecule has 4 aromatic rings. The fraction of sp³-hybridized carbons (Fsp3) is 0. The molecule has 1 radical (unpaired) electrons. The van der Waals surface area contributed by atoms with Crippen LogP contribution in [0.4, 0.5) is 68.2 Å². The van der Waals surface area contributed by atoms with Crippen molar-refractivity contribution in [1.82, 2.24) is 0 Å². The van der Waals surface area contributed by atoms with E-state index in [1.807, 2.05) is 0 Å². The summed E-state index contributed by atoms with van der Waals surface area (Å²) in [5.41, 5.74) is 70.5. The summed E-state index contributed by atoms with van der Waals surface area (Å²) in [4.78, 5) is 2.19. The second kappa shape index (κ2) is 16.3. The van der Waals surface area contributed by atoms with Gasteiger partial charge in [0, 0.05) is 22.7 Å². The molecule has 0 aromatic heterocycles. The molecule has 0 bridgehead atoms. The zero-order chi connectivity index (χ0) is 30.9. The predicted octanol–water partition coefficient (Wildman–Crippen LogP) is 1.35. The molecule has 41 heavy (non-hydrogen) atoms. The van der Waals surface area contributed by atoms with Gasteiger partial charge in [-0.2, -0.15) is 0 Å². The Morgan fingerprint density at radius 3 is 0.537 bits per heavy atom. The van der Waals surface area contributed by atoms with Gasteiger partial charge in [-0.3, -0.25) is 0 Å². The molecule has 0 unspecified atom stereocenters. The van der Waals surface area contributed by atoms with E-state index in [9.17, 15) is 0 Å². The van der Waals surface area contributed by atoms with Gasteiger partial charge in [0.15, 0.2) is 0 Å². The minimum Gasteiger partial charge on any atom is -0.778 e. The summed E-state index contributed by atoms with van der Waals surface area (Å²) in [5.74, 6) is 0. The largest absolute Gasteiger partial charge is 4.00 e. The predicted molar refractivity (Wildman–Crippen MR) is 181 cm³/mol. The smallest absolute Gasteiger partial charge is 0.778 e. The number of hydrogen-bond acceptors (Lipinski definition) is 16. The minimum absolute atomic E-state index is 0. The van der Waals surface area contributed by atoms with Crippen LogP contribution in [0.25, 0.3) is 0 Å². The summed E-state index contributed by atoms with van der Waals surface area (Å²) < 4.78 is 0. The van der Waals surface area contributed by atoms with E-state index in [2.05, 4.69) is 0 Å². The van der Waals surface area contributed by atoms with Crippen LogP contribution in [-0.4, -0.2) is 0 Å². The molecule has 0 saturated heterocycles. The Morgan fingerprint density at radius 2 is 0.415 bits per heavy atom. The molecule has 24 N–H and O–H groups in total. The van der Waals surface area contributed by atoms with Crippen molar-refractivity contribution in [3.8, 4) is 0 Å². The minimum atomic E-state index is 0. The van der Waals surface area contributed by atoms with E-state index in [4.69, 9.17) is 119 Å². The maximum atomic E-state index is 5.47. The van der Waals surface area contributed by atoms with Gasteiger partial charge >= 0.3 is 20.4 Å². The molecule has 219 valence electrons. The molecule has 12 nitrogen and oxygen atoms in total. The van der Waals surface area contributed by atoms with Gasteiger partial charge in [0.25, 0.3) is 0 Å². The van der Waals surface area contributed by atoms with Crippen molar-refractivity contribution in [3.63, 3.8) is 0 Å². The summed E-state index contributed by atoms with van der Waals surface area (Å²) in [6, 6.07) is 13.2. The van der Waals surface area contributed by atoms with Gasteiger partial charge in [0.2, 0.25) is 0 Å². The van der Waals surface area contributed by atoms with Crippen molar-refractivity contribution in [2.75, 3.05) is 68.8 Å². The third kappa shape index (κ3) is 10.2. The summed E-state index contributed by atoms with van der Waals surface area (Å²) >= 11 is 19.4. The van der Waals surface area contributed by atoms with Crippen LogP contribution in [0.3, 0.4) is 0 Å². The van der Waals surface area contributed by atoms with Crippen LogP contribution < -0.4 is 68.8 Å². The molecular weight excluding hydrogens is 771 g/mol. The van der Waals surface area contributed by atoms with Crippen molar-refractivity contribution in [3.05, 3.63) is 48.5 Å². The van der Waals surface area contributed by atoms with Gasteiger partial charge < -0.3 is 119 Å². The van der Waals surface area contributed by atoms with Gasteiger partial charge in [-0.1, -0.05) is 24.3 Å². The Hall–Kier alpha value is -3.98. The Kier molecular flexibility index (Phi) is 14.7. The molecule has 0 heterocycles. The first-order valence-corrected chi connectivity index (χ1v) is 12.6. The van der Waals surface area contributed by atoms with Crippen molar-refractivity contribution >= 4 is 119 Å². The molecule has 4 aromatic carbocycles. The fourth-order valence-electron chi connectivity index (χ4n) is 2.53. The average molecular weight is 803 g/mol. The van der Waals surface area contributed by atoms with Crippen molar-refractivity contribution in [2.24, 2.45) is 0 Å². The summed E-state index contributed by atoms with van der Waals surface area (Å²) in [7, 11) is 0. The Labute approximate surface area is 274 Å². The van der Waals surface area contributed by atoms with E-state index in [0.29, 0.717) is 87.8 Å². The monoisotopic (exact) mass is 803 g/mol. The quantitative estimate of drug-likeness (QED) is 0.0882. The average Bonchev–Trinajstić information content (AvgIpc) is 2.93. The van der Waals surface area contributed by atoms with Crippen molar-refractivity contribution in [2.45, 2.75) is 19.6 Å². The zero-order valence-electron chi connectivity index (χ0n) is 21.6. The van der Waals surface area contributed by atoms with Crippen LogP contribution >= 0.6 is 0 Å². The van der Waals surface area contributed by atoms with Gasteiger partial charge in [-0.15, -0.1) is 19.6 Å². The Morgan fingerprint density at radius 1 is 0.268 bits per heavy atom. The second-order valence-electron chi connectivity index (χ2n) is 7.92. The van der Waals surface area contributed by atoms with Crippen molar-refractivity contribution in [1.29, 1.82) is 0 Å². The van der Waals surface area contributed by atoms with Crippen LogP contribution in [0.15, 0.2) is 68.1 Å². The molecule has 0 saturated carbocycles. The maximum Gasteiger partial charge on any atom is 4.00 e. The maximum absolute atomic E-state index is 5.47. The van der Waals surface area contributed by atoms with Crippen LogP contribution in [-0.2, 0) is 70.9 Å². The van der Waals surface area contributed by atoms with Gasteiger partial charge in [0.1, 0.15) is 0 Å². The molecule has 17 heteroatoms. The molecule has 0 aliphatic carbocycles. The number of nitrogens with two attached hydrogens (primary N) is 12. The number of rotatable bonds is 0. The molecule has 0 fully saturated rings. The van der Waals surface area contributed by atoms with E-state index >= 15 is 0 Å². The molecule has 0 spiro atoms. The standard InChI is InChI=1S/4C6H9N3S.Re/c4*7-3-1-2-4(10)6(9)5(3)8;/h4*1-2,10H,7-9H2;/q;;;;+4/p-4. The number of anilines is 12. The van der Waals surface area contributed by atoms with Crippen molar-refractivity contribution < 1.29 is 20.4 Å². The van der Waals surface area contributed by atoms with Crippen LogP contribution in [0.2, 0.25) is 0 Å². The Bertz CT molecular complexity index is 1160. The Balaban J connectivity index is 0.000000516. The van der Waals surface area contributed by atoms with Crippen LogP contribution in [0.5, 0.6) is 0 Å². The molecule has 0 amide bonds. The zero-order valence-corrected chi connectivity index (χ0v) is 27.5. The summed E-state index contributed by atoms with van der Waals surface area (Å²) in [6.07, 6.45) is 0. The SMILES string of the molecule is Nc1ccc([S-])c(N)c1N.Nc1ccc([S-])c(N)c1N.Nc1ccc([S-])c(N)c1N.Nc1ccc([S-])c(N)c1N.[Re+4]. The third-order valence-electron chi connectivity index (χ3n) is 5.12. The fourth-order valence-corrected chi connectivity index (χ4v) is 3.25. The van der Waals surface area contributed by atoms with Gasteiger partial charge in [-0.25, -0.2) is 0 Å². The molecule has 0 atom stereocenters. The molecule has 4 rings (SSSR count). The van der Waals surface area contributed by atoms with E-state index < -0.39 is 0 Å². The van der Waals surface area contributed by atoms with Gasteiger partial charge in [0.05, 0.1) is 45.5 Å². The topological polar surface area (TPSA) is 312 Å². The van der Waals surface area contributed by atoms with E-state index in [1.165, 1.54) is 0 Å². The number of hydrogen-bond donors (Lipinski definition) is 12. The van der Waals surface area contributed by atoms with Crippen LogP contribution in [0, 0.1) is 0 Å². The summed E-state index contributed by atoms with van der Waals surface area (Å²) in [5, 5.41) is 0. The molecule has 0 aliphatic heterocycles. The van der Waals surface area contributed by atoms with E-state index in [0.717, 1.165) is 0 Å².